The Bertz CT molecular complexity index is 456. The standard InChI is InChI=1S/C16H24N2O2/c1-3-17-15-10-12(2)4-7-14(15)16(19)18-8-9-20-11-13-5-6-13/h4,7,10,13,17H,3,5-6,8-9,11H2,1-2H3,(H,18,19). The minimum atomic E-state index is -0.0454. The fourth-order valence-electron chi connectivity index (χ4n) is 2.06. The molecule has 0 heterocycles. The van der Waals surface area contributed by atoms with Gasteiger partial charge in [-0.15, -0.1) is 0 Å². The molecule has 2 N–H and O–H groups in total. The van der Waals surface area contributed by atoms with Crippen LogP contribution < -0.4 is 10.6 Å². The molecule has 4 nitrogen and oxygen atoms in total. The minimum absolute atomic E-state index is 0.0454. The van der Waals surface area contributed by atoms with E-state index < -0.39 is 0 Å². The van der Waals surface area contributed by atoms with Gasteiger partial charge in [-0.3, -0.25) is 4.79 Å². The lowest BCUT2D eigenvalue weighted by Gasteiger charge is -2.12. The lowest BCUT2D eigenvalue weighted by molar-refractivity contribution is 0.0907. The number of aryl methyl sites for hydroxylation is 1. The van der Waals surface area contributed by atoms with E-state index in [1.54, 1.807) is 0 Å². The van der Waals surface area contributed by atoms with Crippen LogP contribution in [0, 0.1) is 12.8 Å². The van der Waals surface area contributed by atoms with Crippen molar-refractivity contribution in [2.45, 2.75) is 26.7 Å². The highest BCUT2D eigenvalue weighted by Gasteiger charge is 2.20. The van der Waals surface area contributed by atoms with Crippen molar-refractivity contribution in [2.75, 3.05) is 31.6 Å². The lowest BCUT2D eigenvalue weighted by Crippen LogP contribution is -2.28. The van der Waals surface area contributed by atoms with Crippen molar-refractivity contribution in [1.82, 2.24) is 5.32 Å². The number of nitrogens with one attached hydrogen (secondary N) is 2. The number of benzene rings is 1. The smallest absolute Gasteiger partial charge is 0.253 e. The van der Waals surface area contributed by atoms with Gasteiger partial charge in [-0.05, 0) is 50.3 Å². The molecule has 110 valence electrons. The third-order valence-electron chi connectivity index (χ3n) is 3.37. The molecule has 4 heteroatoms. The largest absolute Gasteiger partial charge is 0.385 e. The average Bonchev–Trinajstić information content (AvgIpc) is 3.23. The summed E-state index contributed by atoms with van der Waals surface area (Å²) in [5.74, 6) is 0.721. The predicted molar refractivity (Wildman–Crippen MR) is 81.2 cm³/mol. The van der Waals surface area contributed by atoms with E-state index in [-0.39, 0.29) is 5.91 Å². The fourth-order valence-corrected chi connectivity index (χ4v) is 2.06. The maximum Gasteiger partial charge on any atom is 0.253 e. The van der Waals surface area contributed by atoms with Crippen molar-refractivity contribution in [1.29, 1.82) is 0 Å². The van der Waals surface area contributed by atoms with Gasteiger partial charge < -0.3 is 15.4 Å². The first kappa shape index (κ1) is 14.9. The Morgan fingerprint density at radius 1 is 1.40 bits per heavy atom. The second-order valence-electron chi connectivity index (χ2n) is 5.35. The molecular formula is C16H24N2O2. The molecule has 0 radical (unpaired) electrons. The number of carbonyl (C=O) groups is 1. The number of carbonyl (C=O) groups excluding carboxylic acids is 1. The van der Waals surface area contributed by atoms with Crippen LogP contribution in [0.4, 0.5) is 5.69 Å². The Kier molecular flexibility index (Phi) is 5.41. The molecule has 0 aromatic heterocycles. The monoisotopic (exact) mass is 276 g/mol. The van der Waals surface area contributed by atoms with Gasteiger partial charge in [0.05, 0.1) is 12.2 Å². The molecule has 0 unspecified atom stereocenters. The van der Waals surface area contributed by atoms with Gasteiger partial charge in [0.25, 0.3) is 5.91 Å². The van der Waals surface area contributed by atoms with E-state index in [0.29, 0.717) is 18.7 Å². The molecule has 1 aliphatic rings. The quantitative estimate of drug-likeness (QED) is 0.718. The molecule has 0 saturated heterocycles. The van der Waals surface area contributed by atoms with E-state index in [0.717, 1.165) is 30.3 Å². The van der Waals surface area contributed by atoms with Crippen molar-refractivity contribution in [3.8, 4) is 0 Å². The van der Waals surface area contributed by atoms with Crippen LogP contribution in [0.1, 0.15) is 35.7 Å². The zero-order valence-corrected chi connectivity index (χ0v) is 12.4. The van der Waals surface area contributed by atoms with Crippen LogP contribution in [0.5, 0.6) is 0 Å². The SMILES string of the molecule is CCNc1cc(C)ccc1C(=O)NCCOCC1CC1. The van der Waals surface area contributed by atoms with Crippen LogP contribution in [0.3, 0.4) is 0 Å². The maximum absolute atomic E-state index is 12.2. The topological polar surface area (TPSA) is 50.4 Å². The zero-order chi connectivity index (χ0) is 14.4. The number of amides is 1. The average molecular weight is 276 g/mol. The molecule has 1 amide bonds. The van der Waals surface area contributed by atoms with Gasteiger partial charge in [-0.1, -0.05) is 6.07 Å². The van der Waals surface area contributed by atoms with E-state index in [4.69, 9.17) is 4.74 Å². The van der Waals surface area contributed by atoms with E-state index in [1.807, 2.05) is 32.0 Å². The third kappa shape index (κ3) is 4.53. The first-order valence-corrected chi connectivity index (χ1v) is 7.41. The molecule has 2 rings (SSSR count). The van der Waals surface area contributed by atoms with Gasteiger partial charge in [-0.25, -0.2) is 0 Å². The lowest BCUT2D eigenvalue weighted by atomic mass is 10.1. The Balaban J connectivity index is 1.80. The summed E-state index contributed by atoms with van der Waals surface area (Å²) in [7, 11) is 0. The van der Waals surface area contributed by atoms with Gasteiger partial charge in [0.15, 0.2) is 0 Å². The molecule has 0 aliphatic heterocycles. The highest BCUT2D eigenvalue weighted by molar-refractivity contribution is 5.99. The molecule has 1 aromatic rings. The van der Waals surface area contributed by atoms with E-state index in [2.05, 4.69) is 10.6 Å². The Morgan fingerprint density at radius 2 is 2.20 bits per heavy atom. The molecule has 0 atom stereocenters. The van der Waals surface area contributed by atoms with Crippen LogP contribution in [0.25, 0.3) is 0 Å². The number of hydrogen-bond donors (Lipinski definition) is 2. The second kappa shape index (κ2) is 7.29. The number of rotatable bonds is 8. The summed E-state index contributed by atoms with van der Waals surface area (Å²) in [6.45, 7) is 6.83. The minimum Gasteiger partial charge on any atom is -0.385 e. The van der Waals surface area contributed by atoms with Crippen LogP contribution >= 0.6 is 0 Å². The molecule has 20 heavy (non-hydrogen) atoms. The number of anilines is 1. The summed E-state index contributed by atoms with van der Waals surface area (Å²) < 4.78 is 5.51. The van der Waals surface area contributed by atoms with Crippen LogP contribution in [0.2, 0.25) is 0 Å². The second-order valence-corrected chi connectivity index (χ2v) is 5.35. The summed E-state index contributed by atoms with van der Waals surface area (Å²) in [5.41, 5.74) is 2.73. The molecule has 1 fully saturated rings. The summed E-state index contributed by atoms with van der Waals surface area (Å²) in [5, 5.41) is 6.14. The number of hydrogen-bond acceptors (Lipinski definition) is 3. The van der Waals surface area contributed by atoms with Crippen molar-refractivity contribution < 1.29 is 9.53 Å². The van der Waals surface area contributed by atoms with Crippen molar-refractivity contribution in [3.63, 3.8) is 0 Å². The highest BCUT2D eigenvalue weighted by atomic mass is 16.5. The first-order valence-electron chi connectivity index (χ1n) is 7.41. The molecule has 1 saturated carbocycles. The maximum atomic E-state index is 12.2. The summed E-state index contributed by atoms with van der Waals surface area (Å²) in [4.78, 5) is 12.2. The molecule has 0 bridgehead atoms. The van der Waals surface area contributed by atoms with Crippen molar-refractivity contribution in [3.05, 3.63) is 29.3 Å². The first-order chi connectivity index (χ1) is 9.70. The molecular weight excluding hydrogens is 252 g/mol. The van der Waals surface area contributed by atoms with Gasteiger partial charge in [0, 0.05) is 25.4 Å². The molecule has 1 aliphatic carbocycles. The van der Waals surface area contributed by atoms with E-state index >= 15 is 0 Å². The highest BCUT2D eigenvalue weighted by Crippen LogP contribution is 2.28. The van der Waals surface area contributed by atoms with E-state index in [1.165, 1.54) is 12.8 Å². The number of ether oxygens (including phenoxy) is 1. The van der Waals surface area contributed by atoms with Crippen molar-refractivity contribution in [2.24, 2.45) is 5.92 Å². The van der Waals surface area contributed by atoms with Gasteiger partial charge in [0.2, 0.25) is 0 Å². The third-order valence-corrected chi connectivity index (χ3v) is 3.37. The summed E-state index contributed by atoms with van der Waals surface area (Å²) in [6.07, 6.45) is 2.59. The van der Waals surface area contributed by atoms with Gasteiger partial charge in [-0.2, -0.15) is 0 Å². The Labute approximate surface area is 120 Å². The summed E-state index contributed by atoms with van der Waals surface area (Å²) in [6, 6.07) is 5.83. The van der Waals surface area contributed by atoms with Gasteiger partial charge in [0.1, 0.15) is 0 Å². The zero-order valence-electron chi connectivity index (χ0n) is 12.4. The van der Waals surface area contributed by atoms with Crippen LogP contribution in [-0.4, -0.2) is 32.2 Å². The van der Waals surface area contributed by atoms with Crippen LogP contribution in [0.15, 0.2) is 18.2 Å². The van der Waals surface area contributed by atoms with E-state index in [9.17, 15) is 4.79 Å². The Hall–Kier alpha value is -1.55. The summed E-state index contributed by atoms with van der Waals surface area (Å²) >= 11 is 0. The molecule has 1 aromatic carbocycles. The van der Waals surface area contributed by atoms with Crippen molar-refractivity contribution >= 4 is 11.6 Å². The molecule has 0 spiro atoms. The predicted octanol–water partition coefficient (Wildman–Crippen LogP) is 2.58. The Morgan fingerprint density at radius 3 is 2.90 bits per heavy atom. The fraction of sp³-hybridized carbons (Fsp3) is 0.562. The van der Waals surface area contributed by atoms with Gasteiger partial charge >= 0.3 is 0 Å². The van der Waals surface area contributed by atoms with Crippen LogP contribution in [-0.2, 0) is 4.74 Å². The normalized spacial score (nSPS) is 14.1.